The van der Waals surface area contributed by atoms with Gasteiger partial charge in [0.25, 0.3) is 5.91 Å². The number of hydrogen-bond donors (Lipinski definition) is 1. The number of nitriles is 1. The maximum absolute atomic E-state index is 12.9. The van der Waals surface area contributed by atoms with Crippen molar-refractivity contribution in [2.45, 2.75) is 33.9 Å². The lowest BCUT2D eigenvalue weighted by Gasteiger charge is -2.13. The van der Waals surface area contributed by atoms with Crippen LogP contribution in [0.1, 0.15) is 33.6 Å². The summed E-state index contributed by atoms with van der Waals surface area (Å²) in [7, 11) is 0. The number of carbonyl (C=O) groups is 1. The van der Waals surface area contributed by atoms with Crippen LogP contribution in [0.2, 0.25) is 0 Å². The Morgan fingerprint density at radius 2 is 1.78 bits per heavy atom. The summed E-state index contributed by atoms with van der Waals surface area (Å²) < 4.78 is 40.8. The number of alkyl halides is 3. The van der Waals surface area contributed by atoms with Crippen LogP contribution in [0.15, 0.2) is 54.1 Å². The number of aromatic nitrogens is 1. The Kier molecular flexibility index (Phi) is 6.26. The van der Waals surface area contributed by atoms with E-state index in [4.69, 9.17) is 0 Å². The molecule has 164 valence electrons. The predicted molar refractivity (Wildman–Crippen MR) is 118 cm³/mol. The van der Waals surface area contributed by atoms with Crippen LogP contribution in [-0.2, 0) is 11.0 Å². The molecule has 0 unspecified atom stereocenters. The first-order chi connectivity index (χ1) is 15.0. The van der Waals surface area contributed by atoms with Gasteiger partial charge in [-0.1, -0.05) is 18.2 Å². The van der Waals surface area contributed by atoms with Gasteiger partial charge in [0.1, 0.15) is 11.6 Å². The zero-order chi connectivity index (χ0) is 23.6. The van der Waals surface area contributed by atoms with Gasteiger partial charge in [-0.2, -0.15) is 18.4 Å². The molecule has 32 heavy (non-hydrogen) atoms. The number of anilines is 1. The van der Waals surface area contributed by atoms with E-state index in [2.05, 4.69) is 11.4 Å². The Balaban J connectivity index is 1.94. The summed E-state index contributed by atoms with van der Waals surface area (Å²) in [6.45, 7) is 7.83. The van der Waals surface area contributed by atoms with Crippen molar-refractivity contribution in [3.05, 3.63) is 87.7 Å². The first-order valence-corrected chi connectivity index (χ1v) is 9.88. The van der Waals surface area contributed by atoms with E-state index in [-0.39, 0.29) is 11.3 Å². The number of nitrogens with zero attached hydrogens (tertiary/aromatic N) is 2. The maximum Gasteiger partial charge on any atom is 0.416 e. The lowest BCUT2D eigenvalue weighted by Crippen LogP contribution is -2.14. The molecule has 3 aromatic rings. The molecule has 0 radical (unpaired) electrons. The fourth-order valence-electron chi connectivity index (χ4n) is 3.54. The normalized spacial score (nSPS) is 11.9. The molecule has 0 fully saturated rings. The lowest BCUT2D eigenvalue weighted by atomic mass is 10.1. The highest BCUT2D eigenvalue weighted by Gasteiger charge is 2.30. The second-order valence-corrected chi connectivity index (χ2v) is 7.65. The highest BCUT2D eigenvalue weighted by Crippen LogP contribution is 2.31. The number of rotatable bonds is 4. The molecule has 1 aromatic heterocycles. The van der Waals surface area contributed by atoms with E-state index in [1.54, 1.807) is 0 Å². The largest absolute Gasteiger partial charge is 0.416 e. The quantitative estimate of drug-likeness (QED) is 0.386. The summed E-state index contributed by atoms with van der Waals surface area (Å²) in [6, 6.07) is 14.1. The van der Waals surface area contributed by atoms with Gasteiger partial charge in [-0.25, -0.2) is 0 Å². The minimum absolute atomic E-state index is 0.0353. The lowest BCUT2D eigenvalue weighted by molar-refractivity contribution is -0.137. The molecular weight excluding hydrogens is 415 g/mol. The standard InChI is InChI=1S/C25H22F3N3O/c1-15-8-9-16(2)23(10-15)31-17(3)11-19(18(31)4)12-20(14-29)24(32)30-22-7-5-6-21(13-22)25(26,27)28/h5-13H,1-4H3,(H,30,32)/b20-12-. The van der Waals surface area contributed by atoms with E-state index < -0.39 is 17.6 Å². The topological polar surface area (TPSA) is 57.8 Å². The zero-order valence-electron chi connectivity index (χ0n) is 18.1. The number of hydrogen-bond acceptors (Lipinski definition) is 2. The second-order valence-electron chi connectivity index (χ2n) is 7.65. The van der Waals surface area contributed by atoms with Crippen molar-refractivity contribution >= 4 is 17.7 Å². The van der Waals surface area contributed by atoms with Gasteiger partial charge in [0.15, 0.2) is 0 Å². The van der Waals surface area contributed by atoms with Gasteiger partial charge in [-0.3, -0.25) is 4.79 Å². The van der Waals surface area contributed by atoms with Gasteiger partial charge in [-0.15, -0.1) is 0 Å². The summed E-state index contributed by atoms with van der Waals surface area (Å²) >= 11 is 0. The van der Waals surface area contributed by atoms with Crippen molar-refractivity contribution in [1.82, 2.24) is 4.57 Å². The monoisotopic (exact) mass is 437 g/mol. The molecule has 4 nitrogen and oxygen atoms in total. The van der Waals surface area contributed by atoms with Crippen LogP contribution in [0.3, 0.4) is 0 Å². The van der Waals surface area contributed by atoms with Gasteiger partial charge in [0.2, 0.25) is 0 Å². The Labute approximate surface area is 184 Å². The third kappa shape index (κ3) is 4.75. The van der Waals surface area contributed by atoms with Crippen molar-refractivity contribution in [1.29, 1.82) is 5.26 Å². The highest BCUT2D eigenvalue weighted by atomic mass is 19.4. The summed E-state index contributed by atoms with van der Waals surface area (Å²) in [5.74, 6) is -0.775. The van der Waals surface area contributed by atoms with Crippen LogP contribution in [0.5, 0.6) is 0 Å². The molecule has 0 saturated heterocycles. The minimum Gasteiger partial charge on any atom is -0.321 e. The molecule has 0 spiro atoms. The maximum atomic E-state index is 12.9. The molecule has 1 N–H and O–H groups in total. The van der Waals surface area contributed by atoms with E-state index >= 15 is 0 Å². The van der Waals surface area contributed by atoms with Gasteiger partial charge in [0.05, 0.1) is 5.56 Å². The van der Waals surface area contributed by atoms with Gasteiger partial charge in [-0.05, 0) is 80.8 Å². The van der Waals surface area contributed by atoms with E-state index in [9.17, 15) is 23.2 Å². The second kappa shape index (κ2) is 8.75. The third-order valence-electron chi connectivity index (χ3n) is 5.19. The molecule has 7 heteroatoms. The Bertz CT molecular complexity index is 1260. The summed E-state index contributed by atoms with van der Waals surface area (Å²) in [5, 5.41) is 11.9. The molecule has 0 aliphatic carbocycles. The van der Waals surface area contributed by atoms with Crippen LogP contribution in [0.25, 0.3) is 11.8 Å². The molecule has 0 aliphatic rings. The Morgan fingerprint density at radius 1 is 1.06 bits per heavy atom. The molecule has 0 saturated carbocycles. The number of carbonyl (C=O) groups excluding carboxylic acids is 1. The first-order valence-electron chi connectivity index (χ1n) is 9.88. The van der Waals surface area contributed by atoms with Crippen molar-refractivity contribution in [3.8, 4) is 11.8 Å². The van der Waals surface area contributed by atoms with Crippen LogP contribution in [0.4, 0.5) is 18.9 Å². The molecule has 1 amide bonds. The zero-order valence-corrected chi connectivity index (χ0v) is 18.1. The Morgan fingerprint density at radius 3 is 2.44 bits per heavy atom. The first kappa shape index (κ1) is 22.9. The van der Waals surface area contributed by atoms with Crippen LogP contribution in [0, 0.1) is 39.0 Å². The summed E-state index contributed by atoms with van der Waals surface area (Å²) in [6.07, 6.45) is -3.08. The summed E-state index contributed by atoms with van der Waals surface area (Å²) in [5.41, 5.74) is 4.52. The molecule has 0 aliphatic heterocycles. The molecule has 0 bridgehead atoms. The van der Waals surface area contributed by atoms with Crippen LogP contribution < -0.4 is 5.32 Å². The van der Waals surface area contributed by atoms with Crippen LogP contribution in [-0.4, -0.2) is 10.5 Å². The number of nitrogens with one attached hydrogen (secondary N) is 1. The molecular formula is C25H22F3N3O. The SMILES string of the molecule is Cc1ccc(C)c(-n2c(C)cc(/C=C(/C#N)C(=O)Nc3cccc(C(F)(F)F)c3)c2C)c1. The number of aryl methyl sites for hydroxylation is 3. The van der Waals surface area contributed by atoms with E-state index in [0.717, 1.165) is 40.3 Å². The van der Waals surface area contributed by atoms with Crippen LogP contribution >= 0.6 is 0 Å². The van der Waals surface area contributed by atoms with Crippen molar-refractivity contribution in [3.63, 3.8) is 0 Å². The average molecular weight is 437 g/mol. The predicted octanol–water partition coefficient (Wildman–Crippen LogP) is 6.28. The number of halogens is 3. The highest BCUT2D eigenvalue weighted by molar-refractivity contribution is 6.09. The third-order valence-corrected chi connectivity index (χ3v) is 5.19. The van der Waals surface area contributed by atoms with Crippen molar-refractivity contribution in [2.75, 3.05) is 5.32 Å². The molecule has 2 aromatic carbocycles. The van der Waals surface area contributed by atoms with Gasteiger partial charge in [0, 0.05) is 22.8 Å². The van der Waals surface area contributed by atoms with E-state index in [1.807, 2.05) is 56.5 Å². The minimum atomic E-state index is -4.53. The fourth-order valence-corrected chi connectivity index (χ4v) is 3.54. The number of amides is 1. The Hall–Kier alpha value is -3.79. The molecule has 0 atom stereocenters. The molecule has 1 heterocycles. The van der Waals surface area contributed by atoms with Gasteiger partial charge >= 0.3 is 6.18 Å². The van der Waals surface area contributed by atoms with Crippen molar-refractivity contribution in [2.24, 2.45) is 0 Å². The smallest absolute Gasteiger partial charge is 0.321 e. The van der Waals surface area contributed by atoms with Crippen molar-refractivity contribution < 1.29 is 18.0 Å². The average Bonchev–Trinajstić information content (AvgIpc) is 3.00. The van der Waals surface area contributed by atoms with E-state index in [0.29, 0.717) is 5.56 Å². The number of benzene rings is 2. The fraction of sp³-hybridized carbons (Fsp3) is 0.200. The molecule has 3 rings (SSSR count). The van der Waals surface area contributed by atoms with Gasteiger partial charge < -0.3 is 9.88 Å². The van der Waals surface area contributed by atoms with E-state index in [1.165, 1.54) is 18.2 Å². The summed E-state index contributed by atoms with van der Waals surface area (Å²) in [4.78, 5) is 12.6.